The van der Waals surface area contributed by atoms with Gasteiger partial charge in [0.25, 0.3) is 0 Å². The van der Waals surface area contributed by atoms with Crippen LogP contribution < -0.4 is 9.47 Å². The fourth-order valence-corrected chi connectivity index (χ4v) is 1.84. The van der Waals surface area contributed by atoms with Crippen molar-refractivity contribution < 1.29 is 19.1 Å². The molecule has 0 radical (unpaired) electrons. The second kappa shape index (κ2) is 4.75. The van der Waals surface area contributed by atoms with Crippen LogP contribution in [0.5, 0.6) is 11.5 Å². The zero-order valence-electron chi connectivity index (χ0n) is 9.23. The van der Waals surface area contributed by atoms with Gasteiger partial charge in [0.1, 0.15) is 18.6 Å². The maximum absolute atomic E-state index is 11.5. The molecule has 17 heavy (non-hydrogen) atoms. The van der Waals surface area contributed by atoms with E-state index in [9.17, 15) is 9.59 Å². The van der Waals surface area contributed by atoms with Crippen molar-refractivity contribution in [3.63, 3.8) is 0 Å². The highest BCUT2D eigenvalue weighted by atomic mass is 35.5. The fourth-order valence-electron chi connectivity index (χ4n) is 1.55. The lowest BCUT2D eigenvalue weighted by Gasteiger charge is -2.19. The van der Waals surface area contributed by atoms with Crippen LogP contribution in [-0.2, 0) is 9.59 Å². The highest BCUT2D eigenvalue weighted by molar-refractivity contribution is 6.48. The van der Waals surface area contributed by atoms with Gasteiger partial charge in [0.05, 0.1) is 0 Å². The summed E-state index contributed by atoms with van der Waals surface area (Å²) in [6.07, 6.45) is 0. The van der Waals surface area contributed by atoms with E-state index in [-0.39, 0.29) is 0 Å². The minimum Gasteiger partial charge on any atom is -0.486 e. The van der Waals surface area contributed by atoms with Crippen LogP contribution in [-0.4, -0.2) is 24.8 Å². The number of hydrogen-bond acceptors (Lipinski definition) is 4. The van der Waals surface area contributed by atoms with E-state index in [1.807, 2.05) is 0 Å². The van der Waals surface area contributed by atoms with Gasteiger partial charge in [-0.05, 0) is 17.7 Å². The molecule has 0 spiro atoms. The Hall–Kier alpha value is -1.55. The fraction of sp³-hybridized carbons (Fsp3) is 0.333. The van der Waals surface area contributed by atoms with E-state index in [4.69, 9.17) is 21.1 Å². The van der Waals surface area contributed by atoms with Crippen LogP contribution >= 0.6 is 11.6 Å². The maximum Gasteiger partial charge on any atom is 0.220 e. The van der Waals surface area contributed by atoms with Gasteiger partial charge in [0.2, 0.25) is 5.78 Å². The first kappa shape index (κ1) is 11.9. The number of alkyl halides is 1. The van der Waals surface area contributed by atoms with Gasteiger partial charge in [-0.2, -0.15) is 0 Å². The van der Waals surface area contributed by atoms with Crippen molar-refractivity contribution in [1.82, 2.24) is 0 Å². The van der Waals surface area contributed by atoms with Gasteiger partial charge in [-0.3, -0.25) is 9.59 Å². The second-order valence-electron chi connectivity index (χ2n) is 3.69. The number of ether oxygens (including phenoxy) is 2. The van der Waals surface area contributed by atoms with E-state index in [2.05, 4.69) is 0 Å². The molecule has 0 bridgehead atoms. The molecule has 1 heterocycles. The summed E-state index contributed by atoms with van der Waals surface area (Å²) in [6.45, 7) is 2.17. The molecule has 1 unspecified atom stereocenters. The zero-order chi connectivity index (χ0) is 12.4. The summed E-state index contributed by atoms with van der Waals surface area (Å²) in [5.74, 6) is -0.00173. The topological polar surface area (TPSA) is 52.6 Å². The number of benzene rings is 1. The lowest BCUT2D eigenvalue weighted by Crippen LogP contribution is -2.18. The summed E-state index contributed by atoms with van der Waals surface area (Å²) in [6, 6.07) is 4.98. The molecule has 0 saturated carbocycles. The van der Waals surface area contributed by atoms with Gasteiger partial charge in [0, 0.05) is 6.92 Å². The third kappa shape index (κ3) is 2.42. The highest BCUT2D eigenvalue weighted by Crippen LogP contribution is 2.34. The van der Waals surface area contributed by atoms with E-state index in [0.29, 0.717) is 30.3 Å². The molecule has 0 aliphatic carbocycles. The first-order valence-corrected chi connectivity index (χ1v) is 5.61. The highest BCUT2D eigenvalue weighted by Gasteiger charge is 2.23. The Bertz CT molecular complexity index is 470. The molecule has 1 aliphatic rings. The largest absolute Gasteiger partial charge is 0.486 e. The monoisotopic (exact) mass is 254 g/mol. The Balaban J connectivity index is 2.27. The van der Waals surface area contributed by atoms with Crippen molar-refractivity contribution in [3.05, 3.63) is 23.8 Å². The molecule has 0 saturated heterocycles. The van der Waals surface area contributed by atoms with Crippen LogP contribution in [0, 0.1) is 0 Å². The van der Waals surface area contributed by atoms with Gasteiger partial charge in [-0.1, -0.05) is 6.07 Å². The standard InChI is InChI=1S/C12H11ClO4/c1-7(14)12(15)11(13)8-2-3-9-10(6-8)17-5-4-16-9/h2-3,6,11H,4-5H2,1H3. The van der Waals surface area contributed by atoms with E-state index >= 15 is 0 Å². The third-order valence-electron chi connectivity index (χ3n) is 2.44. The van der Waals surface area contributed by atoms with Gasteiger partial charge in [-0.25, -0.2) is 0 Å². The average molecular weight is 255 g/mol. The zero-order valence-corrected chi connectivity index (χ0v) is 9.99. The molecule has 0 amide bonds. The molecule has 2 rings (SSSR count). The van der Waals surface area contributed by atoms with Crippen molar-refractivity contribution in [1.29, 1.82) is 0 Å². The number of carbonyl (C=O) groups is 2. The molecule has 0 fully saturated rings. The summed E-state index contributed by atoms with van der Waals surface area (Å²) < 4.78 is 10.7. The van der Waals surface area contributed by atoms with Crippen molar-refractivity contribution in [2.75, 3.05) is 13.2 Å². The first-order chi connectivity index (χ1) is 8.09. The van der Waals surface area contributed by atoms with Gasteiger partial charge in [0.15, 0.2) is 17.3 Å². The summed E-state index contributed by atoms with van der Waals surface area (Å²) in [4.78, 5) is 22.4. The van der Waals surface area contributed by atoms with E-state index < -0.39 is 16.9 Å². The van der Waals surface area contributed by atoms with Crippen LogP contribution in [0.15, 0.2) is 18.2 Å². The summed E-state index contributed by atoms with van der Waals surface area (Å²) in [7, 11) is 0. The number of fused-ring (bicyclic) bond motifs is 1. The summed E-state index contributed by atoms with van der Waals surface area (Å²) >= 11 is 5.93. The summed E-state index contributed by atoms with van der Waals surface area (Å²) in [5.41, 5.74) is 0.538. The molecule has 1 atom stereocenters. The van der Waals surface area contributed by atoms with Crippen molar-refractivity contribution in [3.8, 4) is 11.5 Å². The Morgan fingerprint density at radius 1 is 1.24 bits per heavy atom. The molecule has 0 aromatic heterocycles. The Labute approximate surface area is 103 Å². The third-order valence-corrected chi connectivity index (χ3v) is 2.89. The molecule has 0 N–H and O–H groups in total. The molecule has 5 heteroatoms. The van der Waals surface area contributed by atoms with Crippen LogP contribution in [0.1, 0.15) is 17.9 Å². The molecule has 1 aromatic rings. The Morgan fingerprint density at radius 2 is 1.88 bits per heavy atom. The normalized spacial score (nSPS) is 15.2. The maximum atomic E-state index is 11.5. The Kier molecular flexibility index (Phi) is 3.33. The lowest BCUT2D eigenvalue weighted by atomic mass is 10.1. The minimum atomic E-state index is -0.969. The molecule has 4 nitrogen and oxygen atoms in total. The minimum absolute atomic E-state index is 0.462. The predicted octanol–water partition coefficient (Wildman–Crippen LogP) is 1.90. The number of halogens is 1. The predicted molar refractivity (Wildman–Crippen MR) is 61.7 cm³/mol. The average Bonchev–Trinajstić information content (AvgIpc) is 2.36. The number of Topliss-reactive ketones (excluding diaryl/α,β-unsaturated/α-hetero) is 2. The lowest BCUT2D eigenvalue weighted by molar-refractivity contribution is -0.135. The molecule has 1 aromatic carbocycles. The quantitative estimate of drug-likeness (QED) is 0.611. The van der Waals surface area contributed by atoms with Crippen molar-refractivity contribution >= 4 is 23.2 Å². The van der Waals surface area contributed by atoms with Crippen LogP contribution in [0.3, 0.4) is 0 Å². The first-order valence-electron chi connectivity index (χ1n) is 5.18. The number of hydrogen-bond donors (Lipinski definition) is 0. The number of carbonyl (C=O) groups excluding carboxylic acids is 2. The Morgan fingerprint density at radius 3 is 2.53 bits per heavy atom. The van der Waals surface area contributed by atoms with Gasteiger partial charge < -0.3 is 9.47 Å². The van der Waals surface area contributed by atoms with Gasteiger partial charge in [-0.15, -0.1) is 11.6 Å². The van der Waals surface area contributed by atoms with Crippen LogP contribution in [0.2, 0.25) is 0 Å². The number of rotatable bonds is 3. The van der Waals surface area contributed by atoms with E-state index in [1.165, 1.54) is 6.92 Å². The van der Waals surface area contributed by atoms with E-state index in [0.717, 1.165) is 0 Å². The smallest absolute Gasteiger partial charge is 0.220 e. The second-order valence-corrected chi connectivity index (χ2v) is 4.12. The van der Waals surface area contributed by atoms with Crippen LogP contribution in [0.4, 0.5) is 0 Å². The molecule has 90 valence electrons. The van der Waals surface area contributed by atoms with Crippen molar-refractivity contribution in [2.45, 2.75) is 12.3 Å². The van der Waals surface area contributed by atoms with Crippen LogP contribution in [0.25, 0.3) is 0 Å². The molecular weight excluding hydrogens is 244 g/mol. The SMILES string of the molecule is CC(=O)C(=O)C(Cl)c1ccc2c(c1)OCCO2. The van der Waals surface area contributed by atoms with E-state index in [1.54, 1.807) is 18.2 Å². The van der Waals surface area contributed by atoms with Crippen molar-refractivity contribution in [2.24, 2.45) is 0 Å². The molecule has 1 aliphatic heterocycles. The summed E-state index contributed by atoms with van der Waals surface area (Å²) in [5, 5.41) is -0.969. The van der Waals surface area contributed by atoms with Gasteiger partial charge >= 0.3 is 0 Å². The number of ketones is 2. The molecular formula is C12H11ClO4.